The average Bonchev–Trinajstić information content (AvgIpc) is 2.89. The molecule has 120 valence electrons. The summed E-state index contributed by atoms with van der Waals surface area (Å²) >= 11 is 1.76. The van der Waals surface area contributed by atoms with E-state index in [2.05, 4.69) is 38.5 Å². The maximum Gasteiger partial charge on any atom is 0.221 e. The Labute approximate surface area is 148 Å². The van der Waals surface area contributed by atoms with Crippen molar-refractivity contribution in [3.63, 3.8) is 0 Å². The number of thiophene rings is 1. The standard InChI is InChI=1S/C14H24N4OS.HI/c1-11(2)18-13(19)7-9-17-14(15-3)16-8-6-12-5-4-10-20-12;/h4-5,10-11H,6-9H2,1-3H3,(H,18,19)(H2,15,16,17);1H. The first-order valence-corrected chi connectivity index (χ1v) is 7.76. The predicted molar refractivity (Wildman–Crippen MR) is 101 cm³/mol. The molecule has 0 radical (unpaired) electrons. The molecule has 0 atom stereocenters. The Morgan fingerprint density at radius 2 is 2.05 bits per heavy atom. The monoisotopic (exact) mass is 424 g/mol. The lowest BCUT2D eigenvalue weighted by Gasteiger charge is -2.12. The summed E-state index contributed by atoms with van der Waals surface area (Å²) in [5.41, 5.74) is 0. The van der Waals surface area contributed by atoms with Crippen LogP contribution in [0.2, 0.25) is 0 Å². The molecule has 1 aromatic rings. The number of aliphatic imine (C=N–C) groups is 1. The van der Waals surface area contributed by atoms with Gasteiger partial charge in [0.1, 0.15) is 0 Å². The Morgan fingerprint density at radius 3 is 2.62 bits per heavy atom. The summed E-state index contributed by atoms with van der Waals surface area (Å²) < 4.78 is 0. The number of guanidine groups is 1. The van der Waals surface area contributed by atoms with E-state index in [0.717, 1.165) is 18.9 Å². The molecule has 0 aliphatic rings. The first-order chi connectivity index (χ1) is 9.61. The number of hydrogen-bond acceptors (Lipinski definition) is 3. The van der Waals surface area contributed by atoms with Crippen LogP contribution in [0, 0.1) is 0 Å². The SMILES string of the molecule is CN=C(NCCC(=O)NC(C)C)NCCc1cccs1.I. The van der Waals surface area contributed by atoms with Gasteiger partial charge in [-0.05, 0) is 31.7 Å². The first-order valence-electron chi connectivity index (χ1n) is 6.88. The highest BCUT2D eigenvalue weighted by Crippen LogP contribution is 2.07. The van der Waals surface area contributed by atoms with Gasteiger partial charge in [-0.1, -0.05) is 6.07 Å². The molecular weight excluding hydrogens is 399 g/mol. The van der Waals surface area contributed by atoms with Crippen LogP contribution in [0.1, 0.15) is 25.1 Å². The third kappa shape index (κ3) is 9.67. The van der Waals surface area contributed by atoms with E-state index in [1.54, 1.807) is 18.4 Å². The Kier molecular flexibility index (Phi) is 11.3. The van der Waals surface area contributed by atoms with Crippen molar-refractivity contribution in [2.75, 3.05) is 20.1 Å². The predicted octanol–water partition coefficient (Wildman–Crippen LogP) is 1.99. The number of halogens is 1. The quantitative estimate of drug-likeness (QED) is 0.357. The van der Waals surface area contributed by atoms with E-state index < -0.39 is 0 Å². The third-order valence-electron chi connectivity index (χ3n) is 2.56. The average molecular weight is 424 g/mol. The van der Waals surface area contributed by atoms with Crippen LogP contribution in [0.15, 0.2) is 22.5 Å². The van der Waals surface area contributed by atoms with Crippen LogP contribution < -0.4 is 16.0 Å². The molecular formula is C14H25IN4OS. The summed E-state index contributed by atoms with van der Waals surface area (Å²) in [6.07, 6.45) is 1.43. The minimum absolute atomic E-state index is 0. The van der Waals surface area contributed by atoms with Crippen LogP contribution >= 0.6 is 35.3 Å². The second-order valence-electron chi connectivity index (χ2n) is 4.73. The van der Waals surface area contributed by atoms with E-state index in [0.29, 0.717) is 13.0 Å². The van der Waals surface area contributed by atoms with Crippen LogP contribution in [0.3, 0.4) is 0 Å². The van der Waals surface area contributed by atoms with Crippen molar-refractivity contribution in [2.45, 2.75) is 32.7 Å². The molecule has 3 N–H and O–H groups in total. The van der Waals surface area contributed by atoms with Gasteiger partial charge in [0.2, 0.25) is 5.91 Å². The molecule has 1 heterocycles. The van der Waals surface area contributed by atoms with Crippen molar-refractivity contribution in [1.82, 2.24) is 16.0 Å². The van der Waals surface area contributed by atoms with Crippen molar-refractivity contribution in [2.24, 2.45) is 4.99 Å². The molecule has 0 saturated carbocycles. The lowest BCUT2D eigenvalue weighted by molar-refractivity contribution is -0.121. The van der Waals surface area contributed by atoms with Crippen molar-refractivity contribution >= 4 is 47.2 Å². The lowest BCUT2D eigenvalue weighted by Crippen LogP contribution is -2.40. The largest absolute Gasteiger partial charge is 0.356 e. The first kappa shape index (κ1) is 20.2. The molecule has 1 amide bonds. The number of nitrogens with zero attached hydrogens (tertiary/aromatic N) is 1. The van der Waals surface area contributed by atoms with Gasteiger partial charge in [0.05, 0.1) is 0 Å². The highest BCUT2D eigenvalue weighted by Gasteiger charge is 2.03. The molecule has 0 fully saturated rings. The Bertz CT molecular complexity index is 421. The van der Waals surface area contributed by atoms with Gasteiger partial charge in [-0.25, -0.2) is 0 Å². The lowest BCUT2D eigenvalue weighted by atomic mass is 10.3. The van der Waals surface area contributed by atoms with Crippen LogP contribution in [0.5, 0.6) is 0 Å². The summed E-state index contributed by atoms with van der Waals surface area (Å²) in [6.45, 7) is 5.32. The molecule has 0 aromatic carbocycles. The molecule has 0 spiro atoms. The Hall–Kier alpha value is -0.830. The van der Waals surface area contributed by atoms with Gasteiger partial charge in [-0.3, -0.25) is 9.79 Å². The van der Waals surface area contributed by atoms with Gasteiger partial charge >= 0.3 is 0 Å². The number of carbonyl (C=O) groups is 1. The fourth-order valence-electron chi connectivity index (χ4n) is 1.67. The van der Waals surface area contributed by atoms with Crippen LogP contribution in [-0.4, -0.2) is 38.0 Å². The van der Waals surface area contributed by atoms with Crippen molar-refractivity contribution in [1.29, 1.82) is 0 Å². The van der Waals surface area contributed by atoms with Gasteiger partial charge in [0.15, 0.2) is 5.96 Å². The molecule has 1 aromatic heterocycles. The maximum atomic E-state index is 11.5. The van der Waals surface area contributed by atoms with E-state index in [1.807, 2.05) is 13.8 Å². The second-order valence-corrected chi connectivity index (χ2v) is 5.76. The van der Waals surface area contributed by atoms with Gasteiger partial charge in [0.25, 0.3) is 0 Å². The molecule has 0 aliphatic heterocycles. The highest BCUT2D eigenvalue weighted by atomic mass is 127. The fourth-order valence-corrected chi connectivity index (χ4v) is 2.38. The minimum atomic E-state index is 0. The third-order valence-corrected chi connectivity index (χ3v) is 3.50. The molecule has 0 bridgehead atoms. The van der Waals surface area contributed by atoms with Crippen molar-refractivity contribution in [3.8, 4) is 0 Å². The van der Waals surface area contributed by atoms with Gasteiger partial charge in [-0.15, -0.1) is 35.3 Å². The Balaban J connectivity index is 0.00000400. The molecule has 5 nitrogen and oxygen atoms in total. The zero-order valence-electron chi connectivity index (χ0n) is 12.8. The summed E-state index contributed by atoms with van der Waals surface area (Å²) in [7, 11) is 1.73. The molecule has 0 aliphatic carbocycles. The van der Waals surface area contributed by atoms with Crippen molar-refractivity contribution < 1.29 is 4.79 Å². The van der Waals surface area contributed by atoms with Gasteiger partial charge < -0.3 is 16.0 Å². The van der Waals surface area contributed by atoms with Crippen molar-refractivity contribution in [3.05, 3.63) is 22.4 Å². The van der Waals surface area contributed by atoms with Crippen LogP contribution in [0.4, 0.5) is 0 Å². The van der Waals surface area contributed by atoms with Gasteiger partial charge in [0, 0.05) is 37.5 Å². The smallest absolute Gasteiger partial charge is 0.221 e. The second kappa shape index (κ2) is 11.8. The normalized spacial score (nSPS) is 11.0. The van der Waals surface area contributed by atoms with E-state index in [9.17, 15) is 4.79 Å². The number of amides is 1. The fraction of sp³-hybridized carbons (Fsp3) is 0.571. The van der Waals surface area contributed by atoms with Crippen LogP contribution in [0.25, 0.3) is 0 Å². The minimum Gasteiger partial charge on any atom is -0.356 e. The summed E-state index contributed by atoms with van der Waals surface area (Å²) in [4.78, 5) is 17.0. The molecule has 21 heavy (non-hydrogen) atoms. The summed E-state index contributed by atoms with van der Waals surface area (Å²) in [5.74, 6) is 0.792. The zero-order valence-corrected chi connectivity index (χ0v) is 16.0. The molecule has 1 rings (SSSR count). The summed E-state index contributed by atoms with van der Waals surface area (Å²) in [6, 6.07) is 4.37. The topological polar surface area (TPSA) is 65.5 Å². The van der Waals surface area contributed by atoms with E-state index in [1.165, 1.54) is 4.88 Å². The molecule has 0 unspecified atom stereocenters. The van der Waals surface area contributed by atoms with Crippen LogP contribution in [-0.2, 0) is 11.2 Å². The zero-order chi connectivity index (χ0) is 14.8. The molecule has 7 heteroatoms. The number of hydrogen-bond donors (Lipinski definition) is 3. The maximum absolute atomic E-state index is 11.5. The Morgan fingerprint density at radius 1 is 1.33 bits per heavy atom. The summed E-state index contributed by atoms with van der Waals surface area (Å²) in [5, 5.41) is 11.3. The number of nitrogens with one attached hydrogen (secondary N) is 3. The highest BCUT2D eigenvalue weighted by molar-refractivity contribution is 14.0. The molecule has 0 saturated heterocycles. The van der Waals surface area contributed by atoms with E-state index >= 15 is 0 Å². The van der Waals surface area contributed by atoms with E-state index in [4.69, 9.17) is 0 Å². The number of carbonyl (C=O) groups excluding carboxylic acids is 1. The number of rotatable bonds is 7. The van der Waals surface area contributed by atoms with Gasteiger partial charge in [-0.2, -0.15) is 0 Å². The van der Waals surface area contributed by atoms with E-state index in [-0.39, 0.29) is 35.9 Å².